The maximum atomic E-state index is 14.0. The van der Waals surface area contributed by atoms with Crippen molar-refractivity contribution >= 4 is 50.7 Å². The van der Waals surface area contributed by atoms with Gasteiger partial charge in [-0.2, -0.15) is 0 Å². The maximum absolute atomic E-state index is 14.0. The van der Waals surface area contributed by atoms with E-state index in [0.29, 0.717) is 11.3 Å². The molecule has 0 aromatic heterocycles. The summed E-state index contributed by atoms with van der Waals surface area (Å²) >= 11 is 12.3. The number of ether oxygens (including phenoxy) is 1. The molecular formula is C29H33Cl2N3O5S. The number of anilines is 1. The summed E-state index contributed by atoms with van der Waals surface area (Å²) in [4.78, 5) is 28.5. The van der Waals surface area contributed by atoms with Crippen LogP contribution in [0.2, 0.25) is 10.0 Å². The summed E-state index contributed by atoms with van der Waals surface area (Å²) < 4.78 is 33.9. The second-order valence-corrected chi connectivity index (χ2v) is 12.9. The Kier molecular flexibility index (Phi) is 10.1. The van der Waals surface area contributed by atoms with E-state index in [2.05, 4.69) is 5.32 Å². The summed E-state index contributed by atoms with van der Waals surface area (Å²) in [6.45, 7) is 6.56. The lowest BCUT2D eigenvalue weighted by atomic mass is 10.1. The van der Waals surface area contributed by atoms with E-state index < -0.39 is 34.1 Å². The van der Waals surface area contributed by atoms with Gasteiger partial charge in [0.05, 0.1) is 27.7 Å². The van der Waals surface area contributed by atoms with Crippen LogP contribution in [0.4, 0.5) is 5.69 Å². The molecule has 214 valence electrons. The van der Waals surface area contributed by atoms with Gasteiger partial charge in [-0.05, 0) is 75.7 Å². The number of hydrogen-bond acceptors (Lipinski definition) is 5. The number of sulfonamides is 1. The fourth-order valence-electron chi connectivity index (χ4n) is 3.91. The van der Waals surface area contributed by atoms with Crippen LogP contribution < -0.4 is 14.4 Å². The van der Waals surface area contributed by atoms with Crippen molar-refractivity contribution in [3.63, 3.8) is 0 Å². The van der Waals surface area contributed by atoms with Gasteiger partial charge in [0.1, 0.15) is 18.3 Å². The van der Waals surface area contributed by atoms with E-state index in [4.69, 9.17) is 27.9 Å². The van der Waals surface area contributed by atoms with Gasteiger partial charge in [0.2, 0.25) is 11.8 Å². The molecule has 0 spiro atoms. The normalized spacial score (nSPS) is 12.4. The molecule has 1 N–H and O–H groups in total. The smallest absolute Gasteiger partial charge is 0.264 e. The Morgan fingerprint density at radius 3 is 2.23 bits per heavy atom. The van der Waals surface area contributed by atoms with Crippen LogP contribution in [-0.2, 0) is 26.2 Å². The van der Waals surface area contributed by atoms with E-state index >= 15 is 0 Å². The quantitative estimate of drug-likeness (QED) is 0.328. The second kappa shape index (κ2) is 12.9. The van der Waals surface area contributed by atoms with E-state index in [1.54, 1.807) is 49.4 Å². The van der Waals surface area contributed by atoms with E-state index in [0.717, 1.165) is 4.31 Å². The number of halogens is 2. The van der Waals surface area contributed by atoms with Gasteiger partial charge in [-0.25, -0.2) is 8.42 Å². The molecule has 11 heteroatoms. The van der Waals surface area contributed by atoms with Crippen LogP contribution in [0.25, 0.3) is 0 Å². The molecule has 1 atom stereocenters. The number of carbonyl (C=O) groups is 2. The van der Waals surface area contributed by atoms with Gasteiger partial charge in [0.15, 0.2) is 0 Å². The number of methoxy groups -OCH3 is 1. The molecule has 0 saturated heterocycles. The summed E-state index contributed by atoms with van der Waals surface area (Å²) in [7, 11) is -2.67. The molecule has 3 aromatic carbocycles. The Labute approximate surface area is 245 Å². The molecule has 1 unspecified atom stereocenters. The molecule has 0 aliphatic carbocycles. The van der Waals surface area contributed by atoms with Crippen molar-refractivity contribution in [2.75, 3.05) is 18.0 Å². The van der Waals surface area contributed by atoms with Gasteiger partial charge in [0, 0.05) is 12.1 Å². The van der Waals surface area contributed by atoms with Crippen molar-refractivity contribution in [3.05, 3.63) is 88.4 Å². The molecule has 3 aromatic rings. The zero-order valence-corrected chi connectivity index (χ0v) is 25.3. The monoisotopic (exact) mass is 605 g/mol. The molecule has 0 heterocycles. The highest BCUT2D eigenvalue weighted by atomic mass is 35.5. The zero-order chi connectivity index (χ0) is 29.7. The molecule has 8 nitrogen and oxygen atoms in total. The largest absolute Gasteiger partial charge is 0.497 e. The minimum Gasteiger partial charge on any atom is -0.497 e. The van der Waals surface area contributed by atoms with Crippen LogP contribution in [0.5, 0.6) is 5.75 Å². The standard InChI is InChI=1S/C29H33Cl2N3O5S/c1-20(28(36)32-29(2,3)4)33(18-21-10-9-11-23(16-21)39-5)27(35)19-34(22-14-15-25(30)26(31)17-22)40(37,38)24-12-7-6-8-13-24/h6-17,20H,18-19H2,1-5H3,(H,32,36). The number of nitrogens with one attached hydrogen (secondary N) is 1. The number of hydrogen-bond donors (Lipinski definition) is 1. The van der Waals surface area contributed by atoms with Crippen LogP contribution >= 0.6 is 23.2 Å². The molecule has 0 aliphatic heterocycles. The average molecular weight is 607 g/mol. The van der Waals surface area contributed by atoms with Gasteiger partial charge in [0.25, 0.3) is 10.0 Å². The molecule has 0 bridgehead atoms. The van der Waals surface area contributed by atoms with E-state index in [-0.39, 0.29) is 33.1 Å². The summed E-state index contributed by atoms with van der Waals surface area (Å²) in [5.74, 6) is -0.388. The minimum absolute atomic E-state index is 0.00765. The maximum Gasteiger partial charge on any atom is 0.264 e. The van der Waals surface area contributed by atoms with Crippen molar-refractivity contribution in [1.82, 2.24) is 10.2 Å². The highest BCUT2D eigenvalue weighted by molar-refractivity contribution is 7.92. The number of carbonyl (C=O) groups excluding carboxylic acids is 2. The molecule has 0 aliphatic rings. The average Bonchev–Trinajstić information content (AvgIpc) is 2.91. The third-order valence-corrected chi connectivity index (χ3v) is 8.48. The SMILES string of the molecule is COc1cccc(CN(C(=O)CN(c2ccc(Cl)c(Cl)c2)S(=O)(=O)c2ccccc2)C(C)C(=O)NC(C)(C)C)c1. The first-order chi connectivity index (χ1) is 18.7. The fraction of sp³-hybridized carbons (Fsp3) is 0.310. The van der Waals surface area contributed by atoms with Crippen LogP contribution in [0.3, 0.4) is 0 Å². The Morgan fingerprint density at radius 1 is 0.950 bits per heavy atom. The van der Waals surface area contributed by atoms with Crippen LogP contribution in [0.1, 0.15) is 33.3 Å². The van der Waals surface area contributed by atoms with Crippen molar-refractivity contribution in [1.29, 1.82) is 0 Å². The topological polar surface area (TPSA) is 96.0 Å². The molecular weight excluding hydrogens is 573 g/mol. The van der Waals surface area contributed by atoms with Crippen LogP contribution in [-0.4, -0.2) is 50.4 Å². The lowest BCUT2D eigenvalue weighted by molar-refractivity contribution is -0.140. The van der Waals surface area contributed by atoms with Gasteiger partial charge < -0.3 is 15.0 Å². The van der Waals surface area contributed by atoms with E-state index in [1.165, 1.54) is 42.3 Å². The second-order valence-electron chi connectivity index (χ2n) is 10.2. The number of rotatable bonds is 10. The molecule has 2 amide bonds. The molecule has 0 saturated carbocycles. The number of benzene rings is 3. The van der Waals surface area contributed by atoms with Gasteiger partial charge in [-0.3, -0.25) is 13.9 Å². The third kappa shape index (κ3) is 7.90. The summed E-state index contributed by atoms with van der Waals surface area (Å²) in [6, 6.07) is 18.3. The summed E-state index contributed by atoms with van der Waals surface area (Å²) in [5, 5.41) is 3.26. The first-order valence-electron chi connectivity index (χ1n) is 12.5. The van der Waals surface area contributed by atoms with Crippen molar-refractivity contribution < 1.29 is 22.7 Å². The summed E-state index contributed by atoms with van der Waals surface area (Å²) in [6.07, 6.45) is 0. The molecule has 0 fully saturated rings. The Morgan fingerprint density at radius 2 is 1.62 bits per heavy atom. The van der Waals surface area contributed by atoms with Gasteiger partial charge >= 0.3 is 0 Å². The first kappa shape index (κ1) is 31.3. The predicted octanol–water partition coefficient (Wildman–Crippen LogP) is 5.53. The molecule has 40 heavy (non-hydrogen) atoms. The highest BCUT2D eigenvalue weighted by Crippen LogP contribution is 2.31. The van der Waals surface area contributed by atoms with Crippen molar-refractivity contribution in [2.24, 2.45) is 0 Å². The minimum atomic E-state index is -4.21. The Bertz CT molecular complexity index is 1460. The Hall–Kier alpha value is -3.27. The number of amides is 2. The van der Waals surface area contributed by atoms with Crippen molar-refractivity contribution in [2.45, 2.75) is 50.7 Å². The molecule has 3 rings (SSSR count). The first-order valence-corrected chi connectivity index (χ1v) is 14.7. The lowest BCUT2D eigenvalue weighted by Gasteiger charge is -2.33. The van der Waals surface area contributed by atoms with Crippen LogP contribution in [0, 0.1) is 0 Å². The fourth-order valence-corrected chi connectivity index (χ4v) is 5.63. The predicted molar refractivity (Wildman–Crippen MR) is 158 cm³/mol. The van der Waals surface area contributed by atoms with Gasteiger partial charge in [-0.15, -0.1) is 0 Å². The Balaban J connectivity index is 2.06. The zero-order valence-electron chi connectivity index (χ0n) is 23.0. The third-order valence-electron chi connectivity index (χ3n) is 5.95. The van der Waals surface area contributed by atoms with E-state index in [9.17, 15) is 18.0 Å². The number of nitrogens with zero attached hydrogens (tertiary/aromatic N) is 2. The van der Waals surface area contributed by atoms with Gasteiger partial charge in [-0.1, -0.05) is 53.5 Å². The summed E-state index contributed by atoms with van der Waals surface area (Å²) in [5.41, 5.74) is 0.313. The van der Waals surface area contributed by atoms with E-state index in [1.807, 2.05) is 20.8 Å². The molecule has 0 radical (unpaired) electrons. The van der Waals surface area contributed by atoms with Crippen LogP contribution in [0.15, 0.2) is 77.7 Å². The highest BCUT2D eigenvalue weighted by Gasteiger charge is 2.33. The van der Waals surface area contributed by atoms with Crippen molar-refractivity contribution in [3.8, 4) is 5.75 Å². The lowest BCUT2D eigenvalue weighted by Crippen LogP contribution is -2.54.